The Morgan fingerprint density at radius 2 is 2.00 bits per heavy atom. The molecule has 0 rings (SSSR count). The monoisotopic (exact) mass is 180 g/mol. The van der Waals surface area contributed by atoms with E-state index in [1.807, 2.05) is 19.9 Å². The van der Waals surface area contributed by atoms with E-state index in [4.69, 9.17) is 4.74 Å². The highest BCUT2D eigenvalue weighted by atomic mass is 16.5. The maximum absolute atomic E-state index is 5.21. The zero-order valence-corrected chi connectivity index (χ0v) is 9.08. The minimum Gasteiger partial charge on any atom is -0.381 e. The van der Waals surface area contributed by atoms with Crippen LogP contribution < -0.4 is 0 Å². The van der Waals surface area contributed by atoms with Crippen LogP contribution in [0, 0.1) is 0 Å². The average Bonchev–Trinajstić information content (AvgIpc) is 2.14. The van der Waals surface area contributed by atoms with Gasteiger partial charge in [0.25, 0.3) is 0 Å². The second-order valence-corrected chi connectivity index (χ2v) is 3.02. The Hall–Kier alpha value is -0.820. The molecule has 1 atom stereocenters. The van der Waals surface area contributed by atoms with Gasteiger partial charge in [0, 0.05) is 7.11 Å². The van der Waals surface area contributed by atoms with E-state index < -0.39 is 0 Å². The van der Waals surface area contributed by atoms with Gasteiger partial charge in [-0.05, 0) is 32.8 Å². The maximum atomic E-state index is 5.21. The second kappa shape index (κ2) is 7.81. The summed E-state index contributed by atoms with van der Waals surface area (Å²) >= 11 is 0. The number of ether oxygens (including phenoxy) is 1. The van der Waals surface area contributed by atoms with Crippen LogP contribution in [0.25, 0.3) is 0 Å². The maximum Gasteiger partial charge on any atom is 0.0583 e. The van der Waals surface area contributed by atoms with Gasteiger partial charge in [-0.25, -0.2) is 0 Å². The van der Waals surface area contributed by atoms with Crippen LogP contribution >= 0.6 is 0 Å². The Labute approximate surface area is 81.8 Å². The van der Waals surface area contributed by atoms with Crippen LogP contribution in [0.5, 0.6) is 0 Å². The molecule has 0 aliphatic carbocycles. The molecule has 0 bridgehead atoms. The molecule has 0 fully saturated rings. The number of hydrogen-bond acceptors (Lipinski definition) is 1. The van der Waals surface area contributed by atoms with Crippen molar-refractivity contribution in [3.63, 3.8) is 0 Å². The van der Waals surface area contributed by atoms with Gasteiger partial charge >= 0.3 is 0 Å². The lowest BCUT2D eigenvalue weighted by molar-refractivity contribution is 0.119. The zero-order chi connectivity index (χ0) is 10.1. The van der Waals surface area contributed by atoms with Crippen molar-refractivity contribution >= 4 is 0 Å². The molecule has 1 nitrogen and oxygen atoms in total. The van der Waals surface area contributed by atoms with Gasteiger partial charge in [0.15, 0.2) is 0 Å². The van der Waals surface area contributed by atoms with Gasteiger partial charge in [-0.1, -0.05) is 30.4 Å². The topological polar surface area (TPSA) is 9.23 Å². The van der Waals surface area contributed by atoms with Crippen molar-refractivity contribution in [1.29, 1.82) is 0 Å². The summed E-state index contributed by atoms with van der Waals surface area (Å²) in [6.45, 7) is 6.12. The van der Waals surface area contributed by atoms with Crippen molar-refractivity contribution < 1.29 is 4.74 Å². The van der Waals surface area contributed by atoms with E-state index in [-0.39, 0.29) is 6.10 Å². The van der Waals surface area contributed by atoms with Gasteiger partial charge in [0.2, 0.25) is 0 Å². The molecule has 0 heterocycles. The van der Waals surface area contributed by atoms with Crippen LogP contribution in [-0.4, -0.2) is 13.2 Å². The average molecular weight is 180 g/mol. The number of allylic oxidation sites excluding steroid dienone is 5. The van der Waals surface area contributed by atoms with E-state index >= 15 is 0 Å². The summed E-state index contributed by atoms with van der Waals surface area (Å²) in [5, 5.41) is 0. The first-order valence-electron chi connectivity index (χ1n) is 4.72. The summed E-state index contributed by atoms with van der Waals surface area (Å²) in [6.07, 6.45) is 11.6. The van der Waals surface area contributed by atoms with E-state index in [9.17, 15) is 0 Å². The molecule has 0 aliphatic rings. The fourth-order valence-corrected chi connectivity index (χ4v) is 1.04. The third-order valence-corrected chi connectivity index (χ3v) is 1.81. The quantitative estimate of drug-likeness (QED) is 0.588. The van der Waals surface area contributed by atoms with Crippen molar-refractivity contribution in [1.82, 2.24) is 0 Å². The number of rotatable bonds is 5. The summed E-state index contributed by atoms with van der Waals surface area (Å²) in [5.74, 6) is 0. The molecule has 0 saturated heterocycles. The predicted octanol–water partition coefficient (Wildman–Crippen LogP) is 3.49. The Kier molecular flexibility index (Phi) is 7.32. The molecular formula is C12H20O. The minimum atomic E-state index is 0.285. The summed E-state index contributed by atoms with van der Waals surface area (Å²) in [6, 6.07) is 0. The first kappa shape index (κ1) is 12.2. The molecule has 13 heavy (non-hydrogen) atoms. The molecular weight excluding hydrogens is 160 g/mol. The summed E-state index contributed by atoms with van der Waals surface area (Å²) in [4.78, 5) is 0. The van der Waals surface area contributed by atoms with Crippen LogP contribution in [-0.2, 0) is 4.74 Å². The molecule has 0 radical (unpaired) electrons. The molecule has 0 aliphatic heterocycles. The molecule has 0 spiro atoms. The normalized spacial score (nSPS) is 15.8. The molecule has 74 valence electrons. The van der Waals surface area contributed by atoms with Gasteiger partial charge in [0.05, 0.1) is 6.10 Å². The fourth-order valence-electron chi connectivity index (χ4n) is 1.04. The van der Waals surface area contributed by atoms with Gasteiger partial charge in [0.1, 0.15) is 0 Å². The van der Waals surface area contributed by atoms with Crippen molar-refractivity contribution in [3.8, 4) is 0 Å². The molecule has 0 N–H and O–H groups in total. The fraction of sp³-hybridized carbons (Fsp3) is 0.500. The van der Waals surface area contributed by atoms with Crippen LogP contribution in [0.2, 0.25) is 0 Å². The second-order valence-electron chi connectivity index (χ2n) is 3.02. The first-order chi connectivity index (χ1) is 6.24. The van der Waals surface area contributed by atoms with Crippen molar-refractivity contribution in [2.75, 3.05) is 7.11 Å². The third kappa shape index (κ3) is 6.35. The molecule has 0 aromatic carbocycles. The van der Waals surface area contributed by atoms with Gasteiger partial charge < -0.3 is 4.74 Å². The SMILES string of the molecule is C\C=C/C=C(\C=C/C)CC(C)OC. The highest BCUT2D eigenvalue weighted by Gasteiger charge is 2.00. The lowest BCUT2D eigenvalue weighted by atomic mass is 10.1. The largest absolute Gasteiger partial charge is 0.381 e. The van der Waals surface area contributed by atoms with E-state index in [1.165, 1.54) is 5.57 Å². The Balaban J connectivity index is 4.25. The summed E-state index contributed by atoms with van der Waals surface area (Å²) in [7, 11) is 1.74. The van der Waals surface area contributed by atoms with Crippen molar-refractivity contribution in [3.05, 3.63) is 36.0 Å². The molecule has 1 heteroatoms. The third-order valence-electron chi connectivity index (χ3n) is 1.81. The first-order valence-corrected chi connectivity index (χ1v) is 4.72. The van der Waals surface area contributed by atoms with E-state index in [2.05, 4.69) is 31.2 Å². The zero-order valence-electron chi connectivity index (χ0n) is 9.08. The smallest absolute Gasteiger partial charge is 0.0583 e. The standard InChI is InChI=1S/C12H20O/c1-5-7-9-12(8-6-2)10-11(3)13-4/h5-9,11H,10H2,1-4H3/b7-5-,8-6-,12-9+. The summed E-state index contributed by atoms with van der Waals surface area (Å²) in [5.41, 5.74) is 1.30. The van der Waals surface area contributed by atoms with Crippen LogP contribution in [0.3, 0.4) is 0 Å². The van der Waals surface area contributed by atoms with Crippen LogP contribution in [0.15, 0.2) is 36.0 Å². The highest BCUT2D eigenvalue weighted by Crippen LogP contribution is 2.09. The predicted molar refractivity (Wildman–Crippen MR) is 58.8 cm³/mol. The lowest BCUT2D eigenvalue weighted by Crippen LogP contribution is -2.04. The number of methoxy groups -OCH3 is 1. The molecule has 1 unspecified atom stereocenters. The van der Waals surface area contributed by atoms with Gasteiger partial charge in [-0.3, -0.25) is 0 Å². The number of hydrogen-bond donors (Lipinski definition) is 0. The van der Waals surface area contributed by atoms with E-state index in [0.29, 0.717) is 0 Å². The minimum absolute atomic E-state index is 0.285. The molecule has 0 amide bonds. The Morgan fingerprint density at radius 3 is 2.46 bits per heavy atom. The Morgan fingerprint density at radius 1 is 1.31 bits per heavy atom. The summed E-state index contributed by atoms with van der Waals surface area (Å²) < 4.78 is 5.21. The molecule has 0 aromatic rings. The van der Waals surface area contributed by atoms with Crippen LogP contribution in [0.1, 0.15) is 27.2 Å². The molecule has 0 saturated carbocycles. The van der Waals surface area contributed by atoms with Crippen LogP contribution in [0.4, 0.5) is 0 Å². The van der Waals surface area contributed by atoms with Crippen molar-refractivity contribution in [2.24, 2.45) is 0 Å². The Bertz CT molecular complexity index is 199. The van der Waals surface area contributed by atoms with Crippen molar-refractivity contribution in [2.45, 2.75) is 33.3 Å². The van der Waals surface area contributed by atoms with E-state index in [0.717, 1.165) is 6.42 Å². The highest BCUT2D eigenvalue weighted by molar-refractivity contribution is 5.23. The van der Waals surface area contributed by atoms with Gasteiger partial charge in [-0.15, -0.1) is 0 Å². The van der Waals surface area contributed by atoms with Gasteiger partial charge in [-0.2, -0.15) is 0 Å². The lowest BCUT2D eigenvalue weighted by Gasteiger charge is -2.09. The molecule has 0 aromatic heterocycles. The van der Waals surface area contributed by atoms with E-state index in [1.54, 1.807) is 7.11 Å².